The van der Waals surface area contributed by atoms with Crippen LogP contribution in [0.25, 0.3) is 0 Å². The van der Waals surface area contributed by atoms with Gasteiger partial charge in [0.05, 0.1) is 14.2 Å². The van der Waals surface area contributed by atoms with Gasteiger partial charge in [-0.2, -0.15) is 0 Å². The van der Waals surface area contributed by atoms with E-state index in [0.29, 0.717) is 0 Å². The number of nitrogens with one attached hydrogen (secondary N) is 4. The number of rotatable bonds is 10. The highest BCUT2D eigenvalue weighted by molar-refractivity contribution is 5.84. The zero-order valence-electron chi connectivity index (χ0n) is 19.5. The first kappa shape index (κ1) is 26.7. The molecule has 10 nitrogen and oxygen atoms in total. The Morgan fingerprint density at radius 1 is 0.750 bits per heavy atom. The summed E-state index contributed by atoms with van der Waals surface area (Å²) in [7, 11) is 2.55. The molecule has 0 heterocycles. The van der Waals surface area contributed by atoms with E-state index in [-0.39, 0.29) is 24.9 Å². The highest BCUT2D eigenvalue weighted by atomic mass is 16.5. The standard InChI is InChI=1S/C22H34N4O6/c1-13(2)17(19(27)31-5)25-21(29)23-11-15-8-7-9-16(10-15)12-24-22(30)26-18(14(3)4)20(28)32-6/h7-10,13-14,17-18H,11-12H2,1-6H3,(H2,23,25,29)(H2,24,26,30). The lowest BCUT2D eigenvalue weighted by Crippen LogP contribution is -2.49. The van der Waals surface area contributed by atoms with Crippen molar-refractivity contribution < 1.29 is 28.7 Å². The highest BCUT2D eigenvalue weighted by Gasteiger charge is 2.25. The number of urea groups is 2. The Kier molecular flexibility index (Phi) is 11.0. The number of carbonyl (C=O) groups is 4. The second-order valence-electron chi connectivity index (χ2n) is 7.96. The van der Waals surface area contributed by atoms with Crippen LogP contribution in [0.2, 0.25) is 0 Å². The second-order valence-corrected chi connectivity index (χ2v) is 7.96. The molecule has 178 valence electrons. The monoisotopic (exact) mass is 450 g/mol. The minimum Gasteiger partial charge on any atom is -0.467 e. The molecule has 32 heavy (non-hydrogen) atoms. The van der Waals surface area contributed by atoms with E-state index >= 15 is 0 Å². The van der Waals surface area contributed by atoms with Gasteiger partial charge in [-0.15, -0.1) is 0 Å². The van der Waals surface area contributed by atoms with Crippen LogP contribution >= 0.6 is 0 Å². The number of ether oxygens (including phenoxy) is 2. The minimum absolute atomic E-state index is 0.122. The number of hydrogen-bond donors (Lipinski definition) is 4. The van der Waals surface area contributed by atoms with E-state index in [2.05, 4.69) is 21.3 Å². The van der Waals surface area contributed by atoms with Crippen molar-refractivity contribution in [1.29, 1.82) is 0 Å². The molecule has 0 aromatic heterocycles. The van der Waals surface area contributed by atoms with Gasteiger partial charge in [-0.25, -0.2) is 19.2 Å². The first-order valence-electron chi connectivity index (χ1n) is 10.4. The van der Waals surface area contributed by atoms with Gasteiger partial charge in [0.15, 0.2) is 0 Å². The van der Waals surface area contributed by atoms with E-state index in [4.69, 9.17) is 9.47 Å². The molecule has 2 atom stereocenters. The fraction of sp³-hybridized carbons (Fsp3) is 0.545. The van der Waals surface area contributed by atoms with Crippen molar-refractivity contribution in [3.63, 3.8) is 0 Å². The number of methoxy groups -OCH3 is 2. The molecule has 0 aliphatic rings. The predicted molar refractivity (Wildman–Crippen MR) is 118 cm³/mol. The van der Waals surface area contributed by atoms with Crippen molar-refractivity contribution >= 4 is 24.0 Å². The van der Waals surface area contributed by atoms with Crippen LogP contribution in [0.15, 0.2) is 24.3 Å². The highest BCUT2D eigenvalue weighted by Crippen LogP contribution is 2.07. The van der Waals surface area contributed by atoms with Crippen LogP contribution in [-0.4, -0.2) is 50.3 Å². The first-order chi connectivity index (χ1) is 15.1. The van der Waals surface area contributed by atoms with Crippen molar-refractivity contribution in [2.24, 2.45) is 11.8 Å². The van der Waals surface area contributed by atoms with E-state index in [0.717, 1.165) is 11.1 Å². The predicted octanol–water partition coefficient (Wildman–Crippen LogP) is 1.68. The topological polar surface area (TPSA) is 135 Å². The van der Waals surface area contributed by atoms with Crippen molar-refractivity contribution in [2.75, 3.05) is 14.2 Å². The summed E-state index contributed by atoms with van der Waals surface area (Å²) in [5, 5.41) is 10.6. The maximum Gasteiger partial charge on any atom is 0.328 e. The maximum atomic E-state index is 12.2. The molecule has 0 radical (unpaired) electrons. The van der Waals surface area contributed by atoms with E-state index in [1.807, 2.05) is 45.9 Å². The van der Waals surface area contributed by atoms with Crippen LogP contribution in [0.1, 0.15) is 38.8 Å². The Hall–Kier alpha value is -3.30. The summed E-state index contributed by atoms with van der Waals surface area (Å²) in [6.45, 7) is 7.70. The largest absolute Gasteiger partial charge is 0.467 e. The maximum absolute atomic E-state index is 12.2. The Morgan fingerprint density at radius 3 is 1.44 bits per heavy atom. The first-order valence-corrected chi connectivity index (χ1v) is 10.4. The Morgan fingerprint density at radius 2 is 1.12 bits per heavy atom. The number of benzene rings is 1. The van der Waals surface area contributed by atoms with Gasteiger partial charge < -0.3 is 30.7 Å². The summed E-state index contributed by atoms with van der Waals surface area (Å²) in [5.74, 6) is -1.26. The third-order valence-electron chi connectivity index (χ3n) is 4.71. The smallest absolute Gasteiger partial charge is 0.328 e. The van der Waals surface area contributed by atoms with Gasteiger partial charge >= 0.3 is 24.0 Å². The summed E-state index contributed by atoms with van der Waals surface area (Å²) < 4.78 is 9.42. The lowest BCUT2D eigenvalue weighted by atomic mass is 10.1. The van der Waals surface area contributed by atoms with Crippen LogP contribution < -0.4 is 21.3 Å². The van der Waals surface area contributed by atoms with Crippen LogP contribution in [0.4, 0.5) is 9.59 Å². The second kappa shape index (κ2) is 13.2. The summed E-state index contributed by atoms with van der Waals surface area (Å²) in [6.07, 6.45) is 0. The van der Waals surface area contributed by atoms with Crippen molar-refractivity contribution in [1.82, 2.24) is 21.3 Å². The average molecular weight is 451 g/mol. The van der Waals surface area contributed by atoms with E-state index in [1.165, 1.54) is 14.2 Å². The van der Waals surface area contributed by atoms with Gasteiger partial charge in [-0.1, -0.05) is 52.0 Å². The van der Waals surface area contributed by atoms with Gasteiger partial charge in [0, 0.05) is 13.1 Å². The number of hydrogen-bond acceptors (Lipinski definition) is 6. The molecule has 0 saturated carbocycles. The molecule has 0 aliphatic heterocycles. The zero-order valence-corrected chi connectivity index (χ0v) is 19.5. The molecule has 10 heteroatoms. The van der Waals surface area contributed by atoms with Gasteiger partial charge in [0.25, 0.3) is 0 Å². The molecule has 0 saturated heterocycles. The van der Waals surface area contributed by atoms with Crippen molar-refractivity contribution in [3.8, 4) is 0 Å². The molecular weight excluding hydrogens is 416 g/mol. The van der Waals surface area contributed by atoms with Crippen LogP contribution in [0.5, 0.6) is 0 Å². The van der Waals surface area contributed by atoms with E-state index in [1.54, 1.807) is 6.07 Å². The Balaban J connectivity index is 2.59. The molecule has 2 unspecified atom stereocenters. The van der Waals surface area contributed by atoms with Gasteiger partial charge in [-0.05, 0) is 23.0 Å². The van der Waals surface area contributed by atoms with Crippen LogP contribution in [0.3, 0.4) is 0 Å². The van der Waals surface area contributed by atoms with Crippen molar-refractivity contribution in [3.05, 3.63) is 35.4 Å². The average Bonchev–Trinajstić information content (AvgIpc) is 2.77. The number of amides is 4. The van der Waals surface area contributed by atoms with Gasteiger partial charge in [0.1, 0.15) is 12.1 Å². The normalized spacial score (nSPS) is 12.5. The lowest BCUT2D eigenvalue weighted by molar-refractivity contribution is -0.144. The molecule has 0 fully saturated rings. The molecule has 1 aromatic rings. The zero-order chi connectivity index (χ0) is 24.3. The molecule has 1 rings (SSSR count). The number of esters is 2. The Labute approximate surface area is 188 Å². The molecule has 0 spiro atoms. The fourth-order valence-corrected chi connectivity index (χ4v) is 2.85. The SMILES string of the molecule is COC(=O)C(NC(=O)NCc1cccc(CNC(=O)NC(C(=O)OC)C(C)C)c1)C(C)C. The summed E-state index contributed by atoms with van der Waals surface area (Å²) >= 11 is 0. The van der Waals surface area contributed by atoms with E-state index in [9.17, 15) is 19.2 Å². The van der Waals surface area contributed by atoms with Crippen LogP contribution in [0, 0.1) is 11.8 Å². The lowest BCUT2D eigenvalue weighted by Gasteiger charge is -2.20. The molecule has 1 aromatic carbocycles. The molecule has 4 amide bonds. The third-order valence-corrected chi connectivity index (χ3v) is 4.71. The summed E-state index contributed by atoms with van der Waals surface area (Å²) in [6, 6.07) is 4.84. The molecular formula is C22H34N4O6. The summed E-state index contributed by atoms with van der Waals surface area (Å²) in [4.78, 5) is 47.8. The third kappa shape index (κ3) is 8.83. The summed E-state index contributed by atoms with van der Waals surface area (Å²) in [5.41, 5.74) is 1.63. The fourth-order valence-electron chi connectivity index (χ4n) is 2.85. The molecule has 4 N–H and O–H groups in total. The quantitative estimate of drug-likeness (QED) is 0.401. The Bertz CT molecular complexity index is 735. The van der Waals surface area contributed by atoms with Crippen molar-refractivity contribution in [2.45, 2.75) is 52.9 Å². The molecule has 0 bridgehead atoms. The van der Waals surface area contributed by atoms with E-state index < -0.39 is 36.1 Å². The van der Waals surface area contributed by atoms with Gasteiger partial charge in [0.2, 0.25) is 0 Å². The molecule has 0 aliphatic carbocycles. The number of carbonyl (C=O) groups excluding carboxylic acids is 4. The minimum atomic E-state index is -0.742. The van der Waals surface area contributed by atoms with Gasteiger partial charge in [-0.3, -0.25) is 0 Å². The van der Waals surface area contributed by atoms with Crippen LogP contribution in [-0.2, 0) is 32.2 Å².